The number of anilines is 3. The second-order valence-corrected chi connectivity index (χ2v) is 6.05. The second-order valence-electron chi connectivity index (χ2n) is 6.05. The fourth-order valence-corrected chi connectivity index (χ4v) is 2.62. The molecule has 1 amide bonds. The molecular formula is C18H25FN6O2. The molecule has 2 aromatic rings. The topological polar surface area (TPSA) is 119 Å². The molecule has 27 heavy (non-hydrogen) atoms. The van der Waals surface area contributed by atoms with Crippen LogP contribution in [0.5, 0.6) is 5.88 Å². The normalized spacial score (nSPS) is 12.9. The first-order valence-corrected chi connectivity index (χ1v) is 8.68. The van der Waals surface area contributed by atoms with Crippen LogP contribution < -0.4 is 26.6 Å². The molecule has 8 nitrogen and oxygen atoms in total. The Kier molecular flexibility index (Phi) is 6.89. The Morgan fingerprint density at radius 1 is 1.30 bits per heavy atom. The van der Waals surface area contributed by atoms with Crippen LogP contribution in [-0.4, -0.2) is 35.1 Å². The van der Waals surface area contributed by atoms with Crippen molar-refractivity contribution in [2.45, 2.75) is 38.8 Å². The van der Waals surface area contributed by atoms with Crippen molar-refractivity contribution < 1.29 is 14.0 Å². The lowest BCUT2D eigenvalue weighted by molar-refractivity contribution is 0.1000. The van der Waals surface area contributed by atoms with Gasteiger partial charge < -0.3 is 21.5 Å². The van der Waals surface area contributed by atoms with E-state index in [1.807, 2.05) is 13.8 Å². The predicted molar refractivity (Wildman–Crippen MR) is 103 cm³/mol. The van der Waals surface area contributed by atoms with Crippen molar-refractivity contribution in [3.63, 3.8) is 0 Å². The van der Waals surface area contributed by atoms with Gasteiger partial charge in [-0.1, -0.05) is 18.3 Å². The Hall–Kier alpha value is -2.94. The number of nitrogens with one attached hydrogen (secondary N) is 1. The average molecular weight is 376 g/mol. The van der Waals surface area contributed by atoms with Crippen molar-refractivity contribution in [3.8, 4) is 5.88 Å². The fourth-order valence-electron chi connectivity index (χ4n) is 2.62. The van der Waals surface area contributed by atoms with Gasteiger partial charge in [0.2, 0.25) is 11.8 Å². The molecule has 0 radical (unpaired) electrons. The first-order chi connectivity index (χ1) is 12.9. The highest BCUT2D eigenvalue weighted by atomic mass is 19.2. The van der Waals surface area contributed by atoms with Gasteiger partial charge in [-0.3, -0.25) is 9.78 Å². The number of halogens is 1. The number of nitrogens with two attached hydrogens (primary N) is 2. The van der Waals surface area contributed by atoms with Gasteiger partial charge in [0, 0.05) is 24.3 Å². The Bertz CT molecular complexity index is 788. The van der Waals surface area contributed by atoms with Gasteiger partial charge in [0.1, 0.15) is 5.69 Å². The maximum Gasteiger partial charge on any atom is 0.250 e. The van der Waals surface area contributed by atoms with Crippen LogP contribution in [0, 0.1) is 0 Å². The smallest absolute Gasteiger partial charge is 0.250 e. The number of pyridine rings is 2. The average Bonchev–Trinajstić information content (AvgIpc) is 2.70. The lowest BCUT2D eigenvalue weighted by atomic mass is 10.0. The van der Waals surface area contributed by atoms with Crippen molar-refractivity contribution >= 4 is 23.0 Å². The molecule has 0 saturated heterocycles. The van der Waals surface area contributed by atoms with Crippen LogP contribution in [-0.2, 0) is 0 Å². The van der Waals surface area contributed by atoms with Crippen LogP contribution in [0.25, 0.3) is 0 Å². The molecule has 2 heterocycles. The van der Waals surface area contributed by atoms with Crippen LogP contribution >= 0.6 is 0 Å². The van der Waals surface area contributed by atoms with Crippen LogP contribution in [0.3, 0.4) is 0 Å². The van der Waals surface area contributed by atoms with E-state index in [2.05, 4.69) is 15.3 Å². The number of carbonyl (C=O) groups excluding carboxylic acids is 1. The molecule has 0 spiro atoms. The Morgan fingerprint density at radius 3 is 2.63 bits per heavy atom. The van der Waals surface area contributed by atoms with Gasteiger partial charge in [0.15, 0.2) is 0 Å². The van der Waals surface area contributed by atoms with Gasteiger partial charge in [-0.25, -0.2) is 4.98 Å². The molecule has 9 heteroatoms. The maximum atomic E-state index is 15.2. The monoisotopic (exact) mass is 376 g/mol. The van der Waals surface area contributed by atoms with Gasteiger partial charge >= 0.3 is 0 Å². The molecule has 0 saturated carbocycles. The minimum atomic E-state index is -0.691. The van der Waals surface area contributed by atoms with E-state index in [4.69, 9.17) is 16.2 Å². The molecule has 0 aliphatic heterocycles. The first kappa shape index (κ1) is 20.4. The summed E-state index contributed by atoms with van der Waals surface area (Å²) >= 11 is 0. The molecule has 0 bridgehead atoms. The van der Waals surface area contributed by atoms with E-state index in [-0.39, 0.29) is 34.9 Å². The third-order valence-corrected chi connectivity index (χ3v) is 4.28. The summed E-state index contributed by atoms with van der Waals surface area (Å²) < 4.78 is 20.3. The van der Waals surface area contributed by atoms with Crippen molar-refractivity contribution in [1.29, 1.82) is 0 Å². The van der Waals surface area contributed by atoms with Gasteiger partial charge in [0.25, 0.3) is 0 Å². The number of primary amides is 1. The summed E-state index contributed by atoms with van der Waals surface area (Å²) in [6.07, 6.45) is 5.58. The third kappa shape index (κ3) is 4.82. The van der Waals surface area contributed by atoms with Gasteiger partial charge in [0.05, 0.1) is 36.4 Å². The van der Waals surface area contributed by atoms with Crippen molar-refractivity contribution in [1.82, 2.24) is 9.97 Å². The summed E-state index contributed by atoms with van der Waals surface area (Å²) in [4.78, 5) is 19.4. The second kappa shape index (κ2) is 9.13. The van der Waals surface area contributed by atoms with E-state index < -0.39 is 5.91 Å². The van der Waals surface area contributed by atoms with Crippen LogP contribution in [0.1, 0.15) is 37.0 Å². The molecule has 0 unspecified atom stereocenters. The van der Waals surface area contributed by atoms with Crippen molar-refractivity contribution in [3.05, 3.63) is 36.3 Å². The SMILES string of the molecule is CC[C@H](N)[C@@H](CC)Nc1cnc(OC)cc1N(F)c1cncc(C(N)=O)c1. The zero-order valence-corrected chi connectivity index (χ0v) is 15.6. The number of ether oxygens (including phenoxy) is 1. The summed E-state index contributed by atoms with van der Waals surface area (Å²) in [6.45, 7) is 3.99. The molecule has 0 aliphatic carbocycles. The highest BCUT2D eigenvalue weighted by molar-refractivity contribution is 5.93. The Morgan fingerprint density at radius 2 is 2.04 bits per heavy atom. The fraction of sp³-hybridized carbons (Fsp3) is 0.389. The molecule has 0 aliphatic rings. The van der Waals surface area contributed by atoms with E-state index >= 15 is 4.48 Å². The van der Waals surface area contributed by atoms with E-state index in [9.17, 15) is 4.79 Å². The minimum absolute atomic E-state index is 0.0513. The van der Waals surface area contributed by atoms with E-state index in [0.29, 0.717) is 10.8 Å². The number of rotatable bonds is 9. The van der Waals surface area contributed by atoms with Crippen LogP contribution in [0.2, 0.25) is 0 Å². The summed E-state index contributed by atoms with van der Waals surface area (Å²) in [5.74, 6) is -0.451. The summed E-state index contributed by atoms with van der Waals surface area (Å²) in [5, 5.41) is 3.65. The molecule has 0 aromatic carbocycles. The van der Waals surface area contributed by atoms with Gasteiger partial charge in [-0.2, -0.15) is 5.12 Å². The quantitative estimate of drug-likeness (QED) is 0.575. The minimum Gasteiger partial charge on any atom is -0.481 e. The summed E-state index contributed by atoms with van der Waals surface area (Å²) in [5.41, 5.74) is 12.2. The van der Waals surface area contributed by atoms with Crippen LogP contribution in [0.4, 0.5) is 21.5 Å². The molecule has 2 rings (SSSR count). The maximum absolute atomic E-state index is 15.2. The number of methoxy groups -OCH3 is 1. The molecule has 2 aromatic heterocycles. The zero-order valence-electron chi connectivity index (χ0n) is 15.6. The highest BCUT2D eigenvalue weighted by Gasteiger charge is 2.21. The van der Waals surface area contributed by atoms with Gasteiger partial charge in [-0.05, 0) is 18.9 Å². The lowest BCUT2D eigenvalue weighted by Crippen LogP contribution is -2.39. The molecule has 2 atom stereocenters. The Labute approximate surface area is 157 Å². The molecule has 0 fully saturated rings. The number of amides is 1. The predicted octanol–water partition coefficient (Wildman–Crippen LogP) is 2.53. The van der Waals surface area contributed by atoms with Crippen molar-refractivity contribution in [2.24, 2.45) is 11.5 Å². The third-order valence-electron chi connectivity index (χ3n) is 4.28. The summed E-state index contributed by atoms with van der Waals surface area (Å²) in [7, 11) is 1.44. The number of hydrogen-bond donors (Lipinski definition) is 3. The van der Waals surface area contributed by atoms with Crippen molar-refractivity contribution in [2.75, 3.05) is 17.5 Å². The standard InChI is InChI=1S/C18H25FN6O2/c1-4-13(20)14(5-2)24-15-10-23-17(27-3)7-16(15)25(19)12-6-11(18(21)26)8-22-9-12/h6-10,13-14,24H,4-5,20H2,1-3H3,(H2,21,26)/t13-,14+/m0/s1. The number of nitrogens with zero attached hydrogens (tertiary/aromatic N) is 3. The Balaban J connectivity index is 2.44. The molecular weight excluding hydrogens is 351 g/mol. The van der Waals surface area contributed by atoms with Gasteiger partial charge in [-0.15, -0.1) is 0 Å². The molecule has 146 valence electrons. The number of hydrogen-bond acceptors (Lipinski definition) is 7. The largest absolute Gasteiger partial charge is 0.481 e. The number of carbonyl (C=O) groups is 1. The zero-order chi connectivity index (χ0) is 20.0. The summed E-state index contributed by atoms with van der Waals surface area (Å²) in [6, 6.07) is 2.61. The van der Waals surface area contributed by atoms with E-state index in [1.54, 1.807) is 0 Å². The van der Waals surface area contributed by atoms with E-state index in [0.717, 1.165) is 12.8 Å². The lowest BCUT2D eigenvalue weighted by Gasteiger charge is -2.26. The van der Waals surface area contributed by atoms with E-state index in [1.165, 1.54) is 37.8 Å². The molecule has 5 N–H and O–H groups in total. The highest BCUT2D eigenvalue weighted by Crippen LogP contribution is 2.35. The first-order valence-electron chi connectivity index (χ1n) is 8.68. The van der Waals surface area contributed by atoms with Crippen LogP contribution in [0.15, 0.2) is 30.7 Å². The number of aromatic nitrogens is 2.